The highest BCUT2D eigenvalue weighted by atomic mass is 32.2. The Kier molecular flexibility index (Phi) is 3.54. The van der Waals surface area contributed by atoms with Crippen molar-refractivity contribution in [3.05, 3.63) is 40.5 Å². The van der Waals surface area contributed by atoms with Crippen molar-refractivity contribution >= 4 is 23.1 Å². The van der Waals surface area contributed by atoms with E-state index in [1.807, 2.05) is 29.2 Å². The van der Waals surface area contributed by atoms with E-state index in [-0.39, 0.29) is 5.82 Å². The van der Waals surface area contributed by atoms with Crippen LogP contribution in [0.4, 0.5) is 4.39 Å². The largest absolute Gasteiger partial charge is 0.269 e. The predicted molar refractivity (Wildman–Crippen MR) is 78.9 cm³/mol. The smallest absolute Gasteiger partial charge is 0.195 e. The molecule has 2 heterocycles. The minimum absolute atomic E-state index is 0.288. The SMILES string of the molecule is CSc1nnc(-c2csc(C)n2)n1-c1cccc(F)c1. The molecule has 0 aliphatic rings. The van der Waals surface area contributed by atoms with Gasteiger partial charge in [0.1, 0.15) is 11.5 Å². The first-order chi connectivity index (χ1) is 9.69. The summed E-state index contributed by atoms with van der Waals surface area (Å²) in [6.45, 7) is 1.94. The molecule has 0 unspecified atom stereocenters. The first-order valence-corrected chi connectivity index (χ1v) is 7.97. The van der Waals surface area contributed by atoms with Crippen molar-refractivity contribution in [2.75, 3.05) is 6.26 Å². The fourth-order valence-corrected chi connectivity index (χ4v) is 2.97. The van der Waals surface area contributed by atoms with Crippen molar-refractivity contribution in [3.63, 3.8) is 0 Å². The number of halogens is 1. The Morgan fingerprint density at radius 2 is 2.15 bits per heavy atom. The monoisotopic (exact) mass is 306 g/mol. The van der Waals surface area contributed by atoms with Crippen LogP contribution in [0.25, 0.3) is 17.2 Å². The minimum Gasteiger partial charge on any atom is -0.269 e. The Morgan fingerprint density at radius 1 is 1.30 bits per heavy atom. The maximum atomic E-state index is 13.5. The van der Waals surface area contributed by atoms with Gasteiger partial charge in [-0.2, -0.15) is 0 Å². The molecule has 0 fully saturated rings. The Bertz CT molecular complexity index is 750. The highest BCUT2D eigenvalue weighted by molar-refractivity contribution is 7.98. The van der Waals surface area contributed by atoms with Gasteiger partial charge in [-0.05, 0) is 31.4 Å². The van der Waals surface area contributed by atoms with Crippen molar-refractivity contribution in [1.82, 2.24) is 19.7 Å². The van der Waals surface area contributed by atoms with Gasteiger partial charge in [0.2, 0.25) is 0 Å². The molecule has 0 saturated heterocycles. The molecule has 0 bridgehead atoms. The van der Waals surface area contributed by atoms with E-state index >= 15 is 0 Å². The second-order valence-corrected chi connectivity index (χ2v) is 5.91. The lowest BCUT2D eigenvalue weighted by molar-refractivity contribution is 0.626. The van der Waals surface area contributed by atoms with Crippen LogP contribution in [0.2, 0.25) is 0 Å². The van der Waals surface area contributed by atoms with E-state index in [0.29, 0.717) is 16.7 Å². The molecule has 4 nitrogen and oxygen atoms in total. The number of hydrogen-bond acceptors (Lipinski definition) is 5. The molecule has 3 rings (SSSR count). The van der Waals surface area contributed by atoms with Crippen LogP contribution in [0.3, 0.4) is 0 Å². The summed E-state index contributed by atoms with van der Waals surface area (Å²) in [6, 6.07) is 6.38. The van der Waals surface area contributed by atoms with Crippen LogP contribution >= 0.6 is 23.1 Å². The first-order valence-electron chi connectivity index (χ1n) is 5.87. The van der Waals surface area contributed by atoms with E-state index in [1.165, 1.54) is 23.9 Å². The molecule has 1 aromatic carbocycles. The molecule has 0 saturated carbocycles. The molecular weight excluding hydrogens is 295 g/mol. The summed E-state index contributed by atoms with van der Waals surface area (Å²) in [4.78, 5) is 4.43. The van der Waals surface area contributed by atoms with Crippen molar-refractivity contribution in [1.29, 1.82) is 0 Å². The summed E-state index contributed by atoms with van der Waals surface area (Å²) in [5.41, 5.74) is 1.45. The Hall–Kier alpha value is -1.73. The number of aryl methyl sites for hydroxylation is 1. The zero-order valence-corrected chi connectivity index (χ0v) is 12.5. The van der Waals surface area contributed by atoms with Gasteiger partial charge in [0, 0.05) is 5.38 Å². The Morgan fingerprint density at radius 3 is 2.80 bits per heavy atom. The quantitative estimate of drug-likeness (QED) is 0.694. The molecule has 0 atom stereocenters. The zero-order chi connectivity index (χ0) is 14.1. The maximum Gasteiger partial charge on any atom is 0.195 e. The number of benzene rings is 1. The molecule has 3 aromatic rings. The average molecular weight is 306 g/mol. The molecule has 0 aliphatic carbocycles. The number of nitrogens with zero attached hydrogens (tertiary/aromatic N) is 4. The van der Waals surface area contributed by atoms with Crippen LogP contribution in [0, 0.1) is 12.7 Å². The van der Waals surface area contributed by atoms with Crippen LogP contribution in [0.1, 0.15) is 5.01 Å². The van der Waals surface area contributed by atoms with E-state index in [1.54, 1.807) is 17.4 Å². The Labute approximate surface area is 123 Å². The van der Waals surface area contributed by atoms with Crippen LogP contribution < -0.4 is 0 Å². The number of hydrogen-bond donors (Lipinski definition) is 0. The molecule has 2 aromatic heterocycles. The van der Waals surface area contributed by atoms with Crippen molar-refractivity contribution < 1.29 is 4.39 Å². The lowest BCUT2D eigenvalue weighted by atomic mass is 10.3. The second kappa shape index (κ2) is 5.34. The van der Waals surface area contributed by atoms with Crippen molar-refractivity contribution in [2.45, 2.75) is 12.1 Å². The molecule has 0 spiro atoms. The van der Waals surface area contributed by atoms with Crippen molar-refractivity contribution in [2.24, 2.45) is 0 Å². The topological polar surface area (TPSA) is 43.6 Å². The van der Waals surface area contributed by atoms with Crippen LogP contribution in [0.15, 0.2) is 34.8 Å². The maximum absolute atomic E-state index is 13.5. The van der Waals surface area contributed by atoms with Gasteiger partial charge < -0.3 is 0 Å². The fraction of sp³-hybridized carbons (Fsp3) is 0.154. The highest BCUT2D eigenvalue weighted by Crippen LogP contribution is 2.27. The lowest BCUT2D eigenvalue weighted by Gasteiger charge is -2.07. The van der Waals surface area contributed by atoms with E-state index < -0.39 is 0 Å². The standard InChI is InChI=1S/C13H11FN4S2/c1-8-15-11(7-20-8)12-16-17-13(19-2)18(12)10-5-3-4-9(14)6-10/h3-7H,1-2H3. The number of thioether (sulfide) groups is 1. The number of thiazole rings is 1. The van der Waals surface area contributed by atoms with Crippen LogP contribution in [-0.2, 0) is 0 Å². The third-order valence-electron chi connectivity index (χ3n) is 2.73. The van der Waals surface area contributed by atoms with Crippen molar-refractivity contribution in [3.8, 4) is 17.2 Å². The molecular formula is C13H11FN4S2. The summed E-state index contributed by atoms with van der Waals surface area (Å²) in [7, 11) is 0. The van der Waals surface area contributed by atoms with Gasteiger partial charge in [0.25, 0.3) is 0 Å². The van der Waals surface area contributed by atoms with Gasteiger partial charge in [0.15, 0.2) is 11.0 Å². The Balaban J connectivity index is 2.20. The average Bonchev–Trinajstić information content (AvgIpc) is 3.04. The van der Waals surface area contributed by atoms with Gasteiger partial charge in [-0.1, -0.05) is 17.8 Å². The van der Waals surface area contributed by atoms with E-state index in [0.717, 1.165) is 10.7 Å². The number of aromatic nitrogens is 4. The summed E-state index contributed by atoms with van der Waals surface area (Å²) in [5, 5.41) is 11.9. The van der Waals surface area contributed by atoms with E-state index in [4.69, 9.17) is 0 Å². The van der Waals surface area contributed by atoms with Gasteiger partial charge in [-0.3, -0.25) is 4.57 Å². The van der Waals surface area contributed by atoms with Gasteiger partial charge in [0.05, 0.1) is 10.7 Å². The van der Waals surface area contributed by atoms with E-state index in [2.05, 4.69) is 15.2 Å². The third kappa shape index (κ3) is 2.34. The zero-order valence-electron chi connectivity index (χ0n) is 10.9. The number of rotatable bonds is 3. The lowest BCUT2D eigenvalue weighted by Crippen LogP contribution is -2.00. The normalized spacial score (nSPS) is 10.9. The second-order valence-electron chi connectivity index (χ2n) is 4.08. The van der Waals surface area contributed by atoms with Gasteiger partial charge >= 0.3 is 0 Å². The predicted octanol–water partition coefficient (Wildman–Crippen LogP) is 3.56. The third-order valence-corrected chi connectivity index (χ3v) is 4.13. The molecule has 0 amide bonds. The minimum atomic E-state index is -0.288. The molecule has 0 N–H and O–H groups in total. The fourth-order valence-electron chi connectivity index (χ4n) is 1.88. The summed E-state index contributed by atoms with van der Waals surface area (Å²) in [6.07, 6.45) is 1.91. The van der Waals surface area contributed by atoms with Crippen LogP contribution in [-0.4, -0.2) is 26.0 Å². The molecule has 20 heavy (non-hydrogen) atoms. The van der Waals surface area contributed by atoms with E-state index in [9.17, 15) is 4.39 Å². The summed E-state index contributed by atoms with van der Waals surface area (Å²) in [5.74, 6) is 0.341. The highest BCUT2D eigenvalue weighted by Gasteiger charge is 2.17. The molecule has 0 aliphatic heterocycles. The summed E-state index contributed by atoms with van der Waals surface area (Å²) < 4.78 is 15.3. The molecule has 102 valence electrons. The summed E-state index contributed by atoms with van der Waals surface area (Å²) >= 11 is 3.01. The van der Waals surface area contributed by atoms with Crippen LogP contribution in [0.5, 0.6) is 0 Å². The molecule has 7 heteroatoms. The van der Waals surface area contributed by atoms with Gasteiger partial charge in [-0.25, -0.2) is 9.37 Å². The van der Waals surface area contributed by atoms with Gasteiger partial charge in [-0.15, -0.1) is 21.5 Å². The first kappa shape index (κ1) is 13.3. The molecule has 0 radical (unpaired) electrons.